The van der Waals surface area contributed by atoms with E-state index in [-0.39, 0.29) is 5.75 Å². The van der Waals surface area contributed by atoms with Crippen molar-refractivity contribution >= 4 is 12.2 Å². The van der Waals surface area contributed by atoms with Crippen molar-refractivity contribution in [2.24, 2.45) is 5.41 Å². The number of phenols is 1. The Morgan fingerprint density at radius 2 is 1.91 bits per heavy atom. The van der Waals surface area contributed by atoms with Crippen LogP contribution in [-0.2, 0) is 9.53 Å². The van der Waals surface area contributed by atoms with E-state index < -0.39 is 11.6 Å². The fraction of sp³-hybridized carbons (Fsp3) is 0.538. The van der Waals surface area contributed by atoms with Gasteiger partial charge in [-0.15, -0.1) is 0 Å². The van der Waals surface area contributed by atoms with E-state index in [0.29, 0.717) is 41.5 Å². The third-order valence-corrected chi connectivity index (χ3v) is 7.34. The molecule has 1 aromatic carbocycles. The van der Waals surface area contributed by atoms with Crippen LogP contribution in [0.15, 0.2) is 30.5 Å². The van der Waals surface area contributed by atoms with Gasteiger partial charge in [0.15, 0.2) is 0 Å². The maximum Gasteiger partial charge on any atom is 0.293 e. The Hall–Kier alpha value is -2.78. The number of carbonyl (C=O) groups is 1. The van der Waals surface area contributed by atoms with Crippen LogP contribution in [0.2, 0.25) is 0 Å². The van der Waals surface area contributed by atoms with Gasteiger partial charge in [-0.3, -0.25) is 14.7 Å². The van der Waals surface area contributed by atoms with E-state index in [4.69, 9.17) is 0 Å². The lowest BCUT2D eigenvalue weighted by molar-refractivity contribution is -0.128. The van der Waals surface area contributed by atoms with Gasteiger partial charge < -0.3 is 19.6 Å². The van der Waals surface area contributed by atoms with Crippen molar-refractivity contribution in [1.82, 2.24) is 14.8 Å². The normalized spacial score (nSPS) is 21.8. The summed E-state index contributed by atoms with van der Waals surface area (Å²) in [7, 11) is 2.20. The molecule has 1 aliphatic carbocycles. The van der Waals surface area contributed by atoms with Gasteiger partial charge in [-0.25, -0.2) is 8.78 Å². The van der Waals surface area contributed by atoms with E-state index in [1.807, 2.05) is 0 Å². The summed E-state index contributed by atoms with van der Waals surface area (Å²) in [6.07, 6.45) is 5.02. The summed E-state index contributed by atoms with van der Waals surface area (Å²) >= 11 is 0. The van der Waals surface area contributed by atoms with Crippen molar-refractivity contribution in [2.75, 3.05) is 57.8 Å². The first-order valence-electron chi connectivity index (χ1n) is 12.2. The molecule has 0 amide bonds. The maximum absolute atomic E-state index is 14.0. The average molecular weight is 489 g/mol. The number of rotatable bonds is 5. The zero-order valence-electron chi connectivity index (χ0n) is 20.4. The van der Waals surface area contributed by atoms with E-state index >= 15 is 0 Å². The Bertz CT molecular complexity index is 1020. The topological polar surface area (TPSA) is 69.1 Å². The summed E-state index contributed by atoms with van der Waals surface area (Å²) in [6.45, 7) is 8.54. The fourth-order valence-electron chi connectivity index (χ4n) is 5.85. The number of likely N-dealkylation sites (tertiary alicyclic amines) is 1. The van der Waals surface area contributed by atoms with E-state index in [2.05, 4.69) is 31.5 Å². The number of aromatic hydroxyl groups is 1. The van der Waals surface area contributed by atoms with Crippen LogP contribution in [0.3, 0.4) is 0 Å². The largest absolute Gasteiger partial charge is 0.507 e. The highest BCUT2D eigenvalue weighted by Gasteiger charge is 2.48. The predicted molar refractivity (Wildman–Crippen MR) is 130 cm³/mol. The summed E-state index contributed by atoms with van der Waals surface area (Å²) in [4.78, 5) is 20.5. The van der Waals surface area contributed by atoms with Crippen molar-refractivity contribution in [3.8, 4) is 17.0 Å². The molecule has 2 aromatic rings. The van der Waals surface area contributed by atoms with Crippen molar-refractivity contribution in [3.63, 3.8) is 0 Å². The Morgan fingerprint density at radius 1 is 1.17 bits per heavy atom. The van der Waals surface area contributed by atoms with Gasteiger partial charge in [0, 0.05) is 63.0 Å². The van der Waals surface area contributed by atoms with Crippen molar-refractivity contribution < 1.29 is 23.4 Å². The van der Waals surface area contributed by atoms with Crippen LogP contribution in [0, 0.1) is 17.0 Å². The predicted octanol–water partition coefficient (Wildman–Crippen LogP) is 3.52. The van der Waals surface area contributed by atoms with Gasteiger partial charge in [0.1, 0.15) is 17.4 Å². The average Bonchev–Trinajstić information content (AvgIpc) is 3.26. The molecule has 3 aliphatic rings. The number of anilines is 1. The lowest BCUT2D eigenvalue weighted by Crippen LogP contribution is -2.54. The molecule has 1 unspecified atom stereocenters. The number of benzene rings is 1. The first kappa shape index (κ1) is 25.3. The van der Waals surface area contributed by atoms with Gasteiger partial charge in [-0.2, -0.15) is 0 Å². The molecule has 2 aliphatic heterocycles. The molecule has 3 heterocycles. The van der Waals surface area contributed by atoms with Crippen LogP contribution in [0.4, 0.5) is 14.5 Å². The molecular formula is C26H34F2N4O3. The van der Waals surface area contributed by atoms with E-state index in [1.54, 1.807) is 6.92 Å². The van der Waals surface area contributed by atoms with Crippen LogP contribution < -0.4 is 4.90 Å². The standard InChI is InChI=1S/C23H28F2N4O.C3H6O2/c1-27-14-23(15-27)5-4-18(12-23)28-6-8-29(9-7-28)20-10-17(25)13-26-22(20)19-3-2-16(24)11-21(19)30;1-2-5-3-4/h2-3,10-11,13,18,30H,4-9,12,14-15H2,1H3;3H,2H2,1H3. The molecule has 5 rings (SSSR count). The lowest BCUT2D eigenvalue weighted by atomic mass is 9.78. The molecule has 3 fully saturated rings. The molecule has 2 saturated heterocycles. The molecule has 1 N–H and O–H groups in total. The quantitative estimate of drug-likeness (QED) is 0.646. The maximum atomic E-state index is 14.0. The molecule has 190 valence electrons. The number of aromatic nitrogens is 1. The molecule has 1 spiro atoms. The number of carbonyl (C=O) groups excluding carboxylic acids is 1. The fourth-order valence-corrected chi connectivity index (χ4v) is 5.85. The number of piperazine rings is 1. The van der Waals surface area contributed by atoms with Crippen LogP contribution in [0.1, 0.15) is 26.2 Å². The Balaban J connectivity index is 0.000000527. The molecule has 7 nitrogen and oxygen atoms in total. The van der Waals surface area contributed by atoms with Gasteiger partial charge >= 0.3 is 0 Å². The van der Waals surface area contributed by atoms with Crippen molar-refractivity contribution in [2.45, 2.75) is 32.2 Å². The van der Waals surface area contributed by atoms with Gasteiger partial charge in [-0.1, -0.05) is 0 Å². The van der Waals surface area contributed by atoms with Gasteiger partial charge in [0.25, 0.3) is 6.47 Å². The molecule has 9 heteroatoms. The third-order valence-electron chi connectivity index (χ3n) is 7.34. The molecule has 35 heavy (non-hydrogen) atoms. The highest BCUT2D eigenvalue weighted by atomic mass is 19.1. The van der Waals surface area contributed by atoms with E-state index in [1.165, 1.54) is 50.6 Å². The number of pyridine rings is 1. The lowest BCUT2D eigenvalue weighted by Gasteiger charge is -2.47. The van der Waals surface area contributed by atoms with Crippen LogP contribution in [-0.4, -0.2) is 85.3 Å². The van der Waals surface area contributed by atoms with Crippen molar-refractivity contribution in [1.29, 1.82) is 0 Å². The van der Waals surface area contributed by atoms with Gasteiger partial charge in [-0.05, 0) is 50.8 Å². The second-order valence-electron chi connectivity index (χ2n) is 9.83. The summed E-state index contributed by atoms with van der Waals surface area (Å²) < 4.78 is 31.6. The first-order valence-corrected chi connectivity index (χ1v) is 12.2. The number of nitrogens with zero attached hydrogens (tertiary/aromatic N) is 4. The number of hydrogen-bond acceptors (Lipinski definition) is 7. The summed E-state index contributed by atoms with van der Waals surface area (Å²) in [5.41, 5.74) is 2.09. The first-order chi connectivity index (χ1) is 16.8. The minimum absolute atomic E-state index is 0.185. The third kappa shape index (κ3) is 5.73. The molecular weight excluding hydrogens is 454 g/mol. The highest BCUT2D eigenvalue weighted by Crippen LogP contribution is 2.46. The van der Waals surface area contributed by atoms with E-state index in [0.717, 1.165) is 38.4 Å². The molecule has 1 aromatic heterocycles. The zero-order chi connectivity index (χ0) is 25.0. The van der Waals surface area contributed by atoms with Crippen molar-refractivity contribution in [3.05, 3.63) is 42.1 Å². The SMILES string of the molecule is CCOC=O.CN1CC2(CCC(N3CCN(c4cc(F)cnc4-c4ccc(F)cc4O)CC3)C2)C1. The number of hydrogen-bond donors (Lipinski definition) is 1. The molecule has 1 saturated carbocycles. The molecule has 0 bridgehead atoms. The minimum Gasteiger partial charge on any atom is -0.507 e. The Labute approximate surface area is 205 Å². The second kappa shape index (κ2) is 10.9. The summed E-state index contributed by atoms with van der Waals surface area (Å²) in [5, 5.41) is 10.2. The second-order valence-corrected chi connectivity index (χ2v) is 9.83. The van der Waals surface area contributed by atoms with Crippen LogP contribution in [0.25, 0.3) is 11.3 Å². The Morgan fingerprint density at radius 3 is 2.51 bits per heavy atom. The van der Waals surface area contributed by atoms with Crippen LogP contribution in [0.5, 0.6) is 5.75 Å². The summed E-state index contributed by atoms with van der Waals surface area (Å²) in [6, 6.07) is 5.96. The van der Waals surface area contributed by atoms with Gasteiger partial charge in [0.05, 0.1) is 24.2 Å². The number of halogens is 2. The number of phenolic OH excluding ortho intramolecular Hbond substituents is 1. The van der Waals surface area contributed by atoms with E-state index in [9.17, 15) is 18.7 Å². The summed E-state index contributed by atoms with van der Waals surface area (Å²) in [5.74, 6) is -1.11. The molecule has 1 atom stereocenters. The monoisotopic (exact) mass is 488 g/mol. The highest BCUT2D eigenvalue weighted by molar-refractivity contribution is 5.79. The molecule has 0 radical (unpaired) electrons. The Kier molecular flexibility index (Phi) is 7.86. The smallest absolute Gasteiger partial charge is 0.293 e. The van der Waals surface area contributed by atoms with Gasteiger partial charge in [0.2, 0.25) is 0 Å². The zero-order valence-corrected chi connectivity index (χ0v) is 20.4. The number of ether oxygens (including phenoxy) is 1. The minimum atomic E-state index is -0.513. The van der Waals surface area contributed by atoms with Crippen LogP contribution >= 0.6 is 0 Å².